The van der Waals surface area contributed by atoms with Crippen molar-refractivity contribution in [1.82, 2.24) is 34.7 Å². The molecule has 4 aromatic rings. The highest BCUT2D eigenvalue weighted by Crippen LogP contribution is 2.36. The van der Waals surface area contributed by atoms with Crippen LogP contribution in [-0.4, -0.2) is 106 Å². The maximum Gasteiger partial charge on any atom is 0.186 e. The molecule has 0 saturated carbocycles. The molecule has 2 aromatic heterocycles. The van der Waals surface area contributed by atoms with Gasteiger partial charge in [0.15, 0.2) is 11.7 Å². The molecule has 4 bridgehead atoms. The van der Waals surface area contributed by atoms with Crippen LogP contribution in [0.2, 0.25) is 0 Å². The number of anilines is 2. The molecule has 0 aliphatic carbocycles. The van der Waals surface area contributed by atoms with Gasteiger partial charge in [0.2, 0.25) is 0 Å². The molecule has 3 unspecified atom stereocenters. The summed E-state index contributed by atoms with van der Waals surface area (Å²) in [6, 6.07) is 13.7. The van der Waals surface area contributed by atoms with Crippen LogP contribution in [0.3, 0.4) is 0 Å². The fourth-order valence-electron chi connectivity index (χ4n) is 8.68. The lowest BCUT2D eigenvalue weighted by atomic mass is 10.0. The summed E-state index contributed by atoms with van der Waals surface area (Å²) in [5.41, 5.74) is 9.95. The largest absolute Gasteiger partial charge is 0.376 e. The number of imidazole rings is 1. The number of hydrogen-bond donors (Lipinski definition) is 2. The van der Waals surface area contributed by atoms with Crippen molar-refractivity contribution >= 4 is 41.3 Å². The van der Waals surface area contributed by atoms with Crippen LogP contribution in [0.4, 0.5) is 20.3 Å². The zero-order chi connectivity index (χ0) is 43.2. The molecular weight excluding hydrogens is 771 g/mol. The molecule has 322 valence electrons. The Kier molecular flexibility index (Phi) is 13.6. The number of likely N-dealkylation sites (N-methyl/N-ethyl adjacent to an activating group) is 1. The van der Waals surface area contributed by atoms with Crippen LogP contribution in [0.15, 0.2) is 99.5 Å². The zero-order valence-electron chi connectivity index (χ0n) is 36.5. The number of hydrogen-bond acceptors (Lipinski definition) is 10. The lowest BCUT2D eigenvalue weighted by Gasteiger charge is -2.35. The average molecular weight is 831 g/mol. The van der Waals surface area contributed by atoms with Gasteiger partial charge >= 0.3 is 0 Å². The Bertz CT molecular complexity index is 2360. The number of aromatic nitrogens is 3. The molecule has 7 rings (SSSR count). The van der Waals surface area contributed by atoms with Crippen molar-refractivity contribution in [3.05, 3.63) is 107 Å². The van der Waals surface area contributed by atoms with Gasteiger partial charge in [0, 0.05) is 69.7 Å². The van der Waals surface area contributed by atoms with E-state index in [2.05, 4.69) is 112 Å². The maximum atomic E-state index is 15.5. The molecule has 5 heterocycles. The molecule has 2 aromatic carbocycles. The number of allylic oxidation sites excluding steroid dienone is 1. The summed E-state index contributed by atoms with van der Waals surface area (Å²) in [5.74, 6) is 1.45. The van der Waals surface area contributed by atoms with E-state index < -0.39 is 11.6 Å². The Labute approximate surface area is 359 Å². The second-order valence-corrected chi connectivity index (χ2v) is 16.4. The van der Waals surface area contributed by atoms with E-state index in [0.29, 0.717) is 36.7 Å². The zero-order valence-corrected chi connectivity index (χ0v) is 36.5. The molecule has 3 aliphatic rings. The molecule has 3 atom stereocenters. The average Bonchev–Trinajstić information content (AvgIpc) is 3.94. The maximum absolute atomic E-state index is 15.5. The topological polar surface area (TPSA) is 105 Å². The standard InChI is InChI=1S/C47H60F2N12/c1-9-12-20-58(21-13-10-2)22-19-51-56-47-38(27-52-61(47)42-18-17-35(48)25-39(42)49)46(50-7)60-30-36-26-43(60)32(5)57(8)28-34(11-3)29-59-33(6)53-41-24-31(4)23-37(45(41)59)40-15-14-16-44(54-36)55-40/h9,12,14-18,23-25,27,34,36,43,51H,5,7,10-11,13,19-22,26,28-30H2,1-4,6,8H3,(H,54,55)/b12-9?,46-38+,56-47+. The number of fused-ring (bicyclic) bond motifs is 5. The van der Waals surface area contributed by atoms with Gasteiger partial charge < -0.3 is 25.1 Å². The van der Waals surface area contributed by atoms with Crippen molar-refractivity contribution in [3.63, 3.8) is 0 Å². The Morgan fingerprint density at radius 2 is 1.90 bits per heavy atom. The van der Waals surface area contributed by atoms with Crippen LogP contribution in [-0.2, 0) is 6.54 Å². The van der Waals surface area contributed by atoms with Gasteiger partial charge in [-0.3, -0.25) is 4.90 Å². The van der Waals surface area contributed by atoms with Crippen LogP contribution < -0.4 is 15.8 Å². The molecule has 2 N–H and O–H groups in total. The minimum Gasteiger partial charge on any atom is -0.376 e. The van der Waals surface area contributed by atoms with Crippen molar-refractivity contribution in [2.45, 2.75) is 78.9 Å². The number of nitrogens with zero attached hydrogens (tertiary/aromatic N) is 10. The Balaban J connectivity index is 1.27. The Morgan fingerprint density at radius 1 is 1.07 bits per heavy atom. The summed E-state index contributed by atoms with van der Waals surface area (Å²) in [6.45, 7) is 24.6. The number of nitrogens with one attached hydrogen (secondary N) is 2. The van der Waals surface area contributed by atoms with Crippen LogP contribution >= 0.6 is 0 Å². The number of likely N-dealkylation sites (tertiary alicyclic amines) is 1. The molecule has 61 heavy (non-hydrogen) atoms. The molecular formula is C47H60F2N12. The van der Waals surface area contributed by atoms with Crippen molar-refractivity contribution in [3.8, 4) is 11.3 Å². The number of aliphatic imine (C=N–C) groups is 1. The Morgan fingerprint density at radius 3 is 2.66 bits per heavy atom. The summed E-state index contributed by atoms with van der Waals surface area (Å²) in [4.78, 5) is 21.7. The van der Waals surface area contributed by atoms with E-state index in [1.54, 1.807) is 6.21 Å². The predicted molar refractivity (Wildman–Crippen MR) is 246 cm³/mol. The Hall–Kier alpha value is -5.89. The second kappa shape index (κ2) is 19.2. The van der Waals surface area contributed by atoms with Gasteiger partial charge in [0.05, 0.1) is 34.6 Å². The highest BCUT2D eigenvalue weighted by molar-refractivity contribution is 6.26. The minimum atomic E-state index is -0.757. The smallest absolute Gasteiger partial charge is 0.186 e. The van der Waals surface area contributed by atoms with E-state index in [9.17, 15) is 4.39 Å². The van der Waals surface area contributed by atoms with Gasteiger partial charge in [-0.1, -0.05) is 45.1 Å². The van der Waals surface area contributed by atoms with E-state index in [4.69, 9.17) is 21.6 Å². The van der Waals surface area contributed by atoms with Crippen LogP contribution in [0, 0.1) is 31.4 Å². The second-order valence-electron chi connectivity index (χ2n) is 16.4. The van der Waals surface area contributed by atoms with E-state index in [-0.39, 0.29) is 23.7 Å². The fraction of sp³-hybridized carbons (Fsp3) is 0.426. The highest BCUT2D eigenvalue weighted by atomic mass is 19.1. The lowest BCUT2D eigenvalue weighted by molar-refractivity contribution is 0.247. The van der Waals surface area contributed by atoms with Crippen molar-refractivity contribution in [2.75, 3.05) is 56.6 Å². The third-order valence-corrected chi connectivity index (χ3v) is 12.0. The number of rotatable bonds is 13. The summed E-state index contributed by atoms with van der Waals surface area (Å²) >= 11 is 0. The molecule has 1 saturated heterocycles. The molecule has 14 heteroatoms. The van der Waals surface area contributed by atoms with E-state index in [1.807, 2.05) is 19.1 Å². The molecule has 0 spiro atoms. The summed E-state index contributed by atoms with van der Waals surface area (Å²) in [5, 5.41) is 14.6. The first-order valence-electron chi connectivity index (χ1n) is 21.6. The predicted octanol–water partition coefficient (Wildman–Crippen LogP) is 8.33. The van der Waals surface area contributed by atoms with E-state index in [1.165, 1.54) is 17.1 Å². The minimum absolute atomic E-state index is 0.0542. The monoisotopic (exact) mass is 831 g/mol. The summed E-state index contributed by atoms with van der Waals surface area (Å²) in [7, 11) is 2.11. The normalized spacial score (nSPS) is 20.9. The summed E-state index contributed by atoms with van der Waals surface area (Å²) in [6.07, 6.45) is 9.69. The van der Waals surface area contributed by atoms with E-state index in [0.717, 1.165) is 103 Å². The van der Waals surface area contributed by atoms with Gasteiger partial charge in [0.1, 0.15) is 29.0 Å². The highest BCUT2D eigenvalue weighted by Gasteiger charge is 2.40. The van der Waals surface area contributed by atoms with Crippen molar-refractivity contribution in [2.24, 2.45) is 21.1 Å². The number of unbranched alkanes of at least 4 members (excludes halogenated alkanes) is 1. The van der Waals surface area contributed by atoms with Gasteiger partial charge in [-0.05, 0) is 101 Å². The number of aryl methyl sites for hydroxylation is 2. The molecule has 12 nitrogen and oxygen atoms in total. The number of benzene rings is 2. The molecule has 0 amide bonds. The molecule has 1 fully saturated rings. The van der Waals surface area contributed by atoms with E-state index >= 15 is 4.39 Å². The van der Waals surface area contributed by atoms with Gasteiger partial charge in [-0.15, -0.1) is 0 Å². The fourth-order valence-corrected chi connectivity index (χ4v) is 8.68. The number of pyridine rings is 1. The van der Waals surface area contributed by atoms with Crippen LogP contribution in [0.25, 0.3) is 22.3 Å². The first kappa shape index (κ1) is 43.2. The van der Waals surface area contributed by atoms with Gasteiger partial charge in [0.25, 0.3) is 0 Å². The first-order chi connectivity index (χ1) is 29.5. The first-order valence-corrected chi connectivity index (χ1v) is 21.6. The third-order valence-electron chi connectivity index (χ3n) is 12.0. The lowest BCUT2D eigenvalue weighted by Crippen LogP contribution is -2.39. The number of halogens is 2. The molecule has 3 aliphatic heterocycles. The van der Waals surface area contributed by atoms with Gasteiger partial charge in [-0.25, -0.2) is 28.8 Å². The number of hydrazone groups is 2. The molecule has 0 radical (unpaired) electrons. The van der Waals surface area contributed by atoms with Crippen LogP contribution in [0.5, 0.6) is 0 Å². The summed E-state index contributed by atoms with van der Waals surface area (Å²) < 4.78 is 32.0. The van der Waals surface area contributed by atoms with Crippen LogP contribution in [0.1, 0.15) is 57.8 Å². The quantitative estimate of drug-likeness (QED) is 0.0601. The SMILES string of the molecule is C=N/C(=C1/C=NN(c2ccc(F)cc2F)/C1=N/NCCN(CC=CC)CCCC)N1CC2CC1C(=C)N(C)CC(CC)Cn1c(C)nc3cc(C)cc(c31)-c1cccc(n1)N2. The van der Waals surface area contributed by atoms with Crippen molar-refractivity contribution < 1.29 is 8.78 Å². The third kappa shape index (κ3) is 9.39. The van der Waals surface area contributed by atoms with Crippen molar-refractivity contribution in [1.29, 1.82) is 0 Å². The number of amidine groups is 1. The van der Waals surface area contributed by atoms with Gasteiger partial charge in [-0.2, -0.15) is 10.2 Å².